The highest BCUT2D eigenvalue weighted by atomic mass is 79.9. The van der Waals surface area contributed by atoms with Gasteiger partial charge in [-0.3, -0.25) is 14.4 Å². The number of hydrogen-bond donors (Lipinski definition) is 1. The Hall–Kier alpha value is -2.87. The summed E-state index contributed by atoms with van der Waals surface area (Å²) in [6.45, 7) is -0.173. The molecule has 0 unspecified atom stereocenters. The maximum atomic E-state index is 12.3. The van der Waals surface area contributed by atoms with E-state index in [4.69, 9.17) is 9.47 Å². The lowest BCUT2D eigenvalue weighted by Crippen LogP contribution is -2.28. The van der Waals surface area contributed by atoms with Crippen molar-refractivity contribution in [3.63, 3.8) is 0 Å². The van der Waals surface area contributed by atoms with Gasteiger partial charge in [-0.15, -0.1) is 0 Å². The van der Waals surface area contributed by atoms with Crippen LogP contribution >= 0.6 is 15.9 Å². The number of halogens is 1. The van der Waals surface area contributed by atoms with Crippen LogP contribution in [0.25, 0.3) is 0 Å². The van der Waals surface area contributed by atoms with Crippen molar-refractivity contribution in [3.05, 3.63) is 53.0 Å². The molecule has 1 aliphatic rings. The number of methoxy groups -OCH3 is 1. The molecular formula is C20H19BrN2O5. The monoisotopic (exact) mass is 446 g/mol. The predicted molar refractivity (Wildman–Crippen MR) is 107 cm³/mol. The fourth-order valence-electron chi connectivity index (χ4n) is 2.86. The lowest BCUT2D eigenvalue weighted by atomic mass is 10.1. The lowest BCUT2D eigenvalue weighted by Gasteiger charge is -2.16. The molecule has 1 heterocycles. The molecule has 0 aliphatic carbocycles. The molecule has 2 aromatic rings. The second kappa shape index (κ2) is 8.88. The van der Waals surface area contributed by atoms with Crippen molar-refractivity contribution in [1.82, 2.24) is 0 Å². The minimum absolute atomic E-state index is 0.0645. The zero-order chi connectivity index (χ0) is 20.1. The molecule has 1 saturated heterocycles. The van der Waals surface area contributed by atoms with Crippen molar-refractivity contribution in [2.24, 2.45) is 5.92 Å². The Morgan fingerprint density at radius 3 is 2.46 bits per heavy atom. The van der Waals surface area contributed by atoms with Crippen LogP contribution < -0.4 is 15.0 Å². The van der Waals surface area contributed by atoms with Crippen molar-refractivity contribution < 1.29 is 23.9 Å². The number of amides is 2. The minimum atomic E-state index is -0.593. The van der Waals surface area contributed by atoms with E-state index >= 15 is 0 Å². The number of carbonyl (C=O) groups is 3. The van der Waals surface area contributed by atoms with E-state index in [-0.39, 0.29) is 18.9 Å². The number of hydrogen-bond acceptors (Lipinski definition) is 5. The largest absolute Gasteiger partial charge is 0.497 e. The fourth-order valence-corrected chi connectivity index (χ4v) is 3.13. The van der Waals surface area contributed by atoms with E-state index in [0.29, 0.717) is 11.4 Å². The van der Waals surface area contributed by atoms with Gasteiger partial charge in [-0.05, 0) is 48.5 Å². The van der Waals surface area contributed by atoms with Crippen LogP contribution in [0.3, 0.4) is 0 Å². The van der Waals surface area contributed by atoms with Crippen LogP contribution in [-0.2, 0) is 19.1 Å². The summed E-state index contributed by atoms with van der Waals surface area (Å²) in [4.78, 5) is 38.0. The Bertz CT molecular complexity index is 867. The average molecular weight is 447 g/mol. The molecule has 0 radical (unpaired) electrons. The van der Waals surface area contributed by atoms with E-state index in [0.717, 1.165) is 10.2 Å². The lowest BCUT2D eigenvalue weighted by molar-refractivity contribution is -0.151. The maximum Gasteiger partial charge on any atom is 0.311 e. The molecule has 1 N–H and O–H groups in total. The minimum Gasteiger partial charge on any atom is -0.497 e. The number of benzene rings is 2. The van der Waals surface area contributed by atoms with Crippen molar-refractivity contribution in [2.45, 2.75) is 6.42 Å². The highest BCUT2D eigenvalue weighted by Gasteiger charge is 2.36. The van der Waals surface area contributed by atoms with E-state index in [1.807, 2.05) is 12.1 Å². The van der Waals surface area contributed by atoms with Crippen molar-refractivity contribution >= 4 is 45.1 Å². The zero-order valence-electron chi connectivity index (χ0n) is 15.2. The molecule has 1 fully saturated rings. The van der Waals surface area contributed by atoms with Gasteiger partial charge in [-0.1, -0.05) is 15.9 Å². The predicted octanol–water partition coefficient (Wildman–Crippen LogP) is 2.99. The van der Waals surface area contributed by atoms with Gasteiger partial charge in [-0.25, -0.2) is 0 Å². The molecule has 1 atom stereocenters. The molecule has 8 heteroatoms. The Morgan fingerprint density at radius 1 is 1.14 bits per heavy atom. The Morgan fingerprint density at radius 2 is 1.82 bits per heavy atom. The van der Waals surface area contributed by atoms with Crippen LogP contribution in [0.5, 0.6) is 5.75 Å². The molecule has 2 amide bonds. The molecule has 2 aromatic carbocycles. The third-order valence-corrected chi connectivity index (χ3v) is 4.84. The molecule has 146 valence electrons. The maximum absolute atomic E-state index is 12.3. The molecule has 1 aliphatic heterocycles. The van der Waals surface area contributed by atoms with Crippen molar-refractivity contribution in [1.29, 1.82) is 0 Å². The van der Waals surface area contributed by atoms with Gasteiger partial charge < -0.3 is 19.7 Å². The normalized spacial score (nSPS) is 16.0. The molecule has 0 bridgehead atoms. The van der Waals surface area contributed by atoms with Crippen molar-refractivity contribution in [3.8, 4) is 5.75 Å². The van der Waals surface area contributed by atoms with Gasteiger partial charge in [0, 0.05) is 28.8 Å². The summed E-state index contributed by atoms with van der Waals surface area (Å²) in [5.41, 5.74) is 1.29. The molecule has 7 nitrogen and oxygen atoms in total. The first-order valence-electron chi connectivity index (χ1n) is 8.62. The summed E-state index contributed by atoms with van der Waals surface area (Å²) in [5.74, 6) is -1.08. The smallest absolute Gasteiger partial charge is 0.311 e. The Balaban J connectivity index is 1.49. The van der Waals surface area contributed by atoms with Crippen LogP contribution in [0.2, 0.25) is 0 Å². The first-order valence-corrected chi connectivity index (χ1v) is 9.42. The quantitative estimate of drug-likeness (QED) is 0.689. The topological polar surface area (TPSA) is 84.9 Å². The zero-order valence-corrected chi connectivity index (χ0v) is 16.8. The second-order valence-electron chi connectivity index (χ2n) is 6.27. The summed E-state index contributed by atoms with van der Waals surface area (Å²) in [5, 5.41) is 2.63. The van der Waals surface area contributed by atoms with Gasteiger partial charge in [0.25, 0.3) is 5.91 Å². The number of nitrogens with zero attached hydrogens (tertiary/aromatic N) is 1. The summed E-state index contributed by atoms with van der Waals surface area (Å²) >= 11 is 3.35. The van der Waals surface area contributed by atoms with E-state index in [1.54, 1.807) is 48.4 Å². The van der Waals surface area contributed by atoms with Gasteiger partial charge in [0.2, 0.25) is 5.91 Å². The third-order valence-electron chi connectivity index (χ3n) is 4.32. The Labute approximate surface area is 170 Å². The van der Waals surface area contributed by atoms with Crippen LogP contribution in [0.1, 0.15) is 6.42 Å². The Kier molecular flexibility index (Phi) is 6.30. The third kappa shape index (κ3) is 4.89. The van der Waals surface area contributed by atoms with Gasteiger partial charge in [-0.2, -0.15) is 0 Å². The molecule has 0 saturated carbocycles. The van der Waals surface area contributed by atoms with Gasteiger partial charge in [0.1, 0.15) is 5.75 Å². The summed E-state index contributed by atoms with van der Waals surface area (Å²) < 4.78 is 11.0. The summed E-state index contributed by atoms with van der Waals surface area (Å²) in [7, 11) is 1.55. The van der Waals surface area contributed by atoms with Gasteiger partial charge in [0.05, 0.1) is 13.0 Å². The summed E-state index contributed by atoms with van der Waals surface area (Å²) in [6, 6.07) is 14.1. The SMILES string of the molecule is COc1ccc(NC(=O)COC(=O)[C@@H]2CC(=O)N(c3ccc(Br)cc3)C2)cc1. The van der Waals surface area contributed by atoms with Gasteiger partial charge >= 0.3 is 5.97 Å². The first kappa shape index (κ1) is 19.9. The first-order chi connectivity index (χ1) is 13.5. The molecule has 3 rings (SSSR count). The fraction of sp³-hybridized carbons (Fsp3) is 0.250. The highest BCUT2D eigenvalue weighted by Crippen LogP contribution is 2.27. The molecule has 0 spiro atoms. The number of rotatable bonds is 6. The van der Waals surface area contributed by atoms with Crippen LogP contribution in [0.15, 0.2) is 53.0 Å². The van der Waals surface area contributed by atoms with Crippen LogP contribution in [-0.4, -0.2) is 38.0 Å². The van der Waals surface area contributed by atoms with E-state index in [1.165, 1.54) is 0 Å². The molecule has 0 aromatic heterocycles. The molecular weight excluding hydrogens is 428 g/mol. The summed E-state index contributed by atoms with van der Waals surface area (Å²) in [6.07, 6.45) is 0.0645. The number of esters is 1. The van der Waals surface area contributed by atoms with Crippen LogP contribution in [0, 0.1) is 5.92 Å². The van der Waals surface area contributed by atoms with E-state index in [9.17, 15) is 14.4 Å². The number of nitrogens with one attached hydrogen (secondary N) is 1. The van der Waals surface area contributed by atoms with E-state index < -0.39 is 24.4 Å². The standard InChI is InChI=1S/C20H19BrN2O5/c1-27-17-8-4-15(5-9-17)22-18(24)12-28-20(26)13-10-19(25)23(11-13)16-6-2-14(21)3-7-16/h2-9,13H,10-12H2,1H3,(H,22,24)/t13-/m1/s1. The van der Waals surface area contributed by atoms with Crippen LogP contribution in [0.4, 0.5) is 11.4 Å². The average Bonchev–Trinajstić information content (AvgIpc) is 3.09. The van der Waals surface area contributed by atoms with Crippen molar-refractivity contribution in [2.75, 3.05) is 30.5 Å². The van der Waals surface area contributed by atoms with E-state index in [2.05, 4.69) is 21.2 Å². The number of anilines is 2. The number of ether oxygens (including phenoxy) is 2. The van der Waals surface area contributed by atoms with Gasteiger partial charge in [0.15, 0.2) is 6.61 Å². The second-order valence-corrected chi connectivity index (χ2v) is 7.18. The highest BCUT2D eigenvalue weighted by molar-refractivity contribution is 9.10. The molecule has 28 heavy (non-hydrogen) atoms. The number of carbonyl (C=O) groups excluding carboxylic acids is 3.